The molecule has 4 rings (SSSR count). The molecule has 3 aromatic rings. The molecule has 0 unspecified atom stereocenters. The molecule has 0 saturated heterocycles. The minimum atomic E-state index is -0.238. The molecule has 6 nitrogen and oxygen atoms in total. The molecule has 1 aromatic heterocycles. The van der Waals surface area contributed by atoms with E-state index in [9.17, 15) is 4.79 Å². The maximum atomic E-state index is 12.3. The Bertz CT molecular complexity index is 886. The van der Waals surface area contributed by atoms with Crippen LogP contribution in [0.25, 0.3) is 11.1 Å². The Labute approximate surface area is 164 Å². The van der Waals surface area contributed by atoms with E-state index in [0.717, 1.165) is 47.8 Å². The third kappa shape index (κ3) is 4.48. The van der Waals surface area contributed by atoms with Gasteiger partial charge in [0.1, 0.15) is 0 Å². The lowest BCUT2D eigenvalue weighted by Crippen LogP contribution is -2.29. The summed E-state index contributed by atoms with van der Waals surface area (Å²) in [5, 5.41) is 13.7. The number of rotatable bonds is 4. The van der Waals surface area contributed by atoms with Crippen LogP contribution in [0.2, 0.25) is 0 Å². The van der Waals surface area contributed by atoms with Crippen molar-refractivity contribution in [1.29, 1.82) is 0 Å². The van der Waals surface area contributed by atoms with Gasteiger partial charge in [-0.15, -0.1) is 12.4 Å². The van der Waals surface area contributed by atoms with Crippen LogP contribution in [-0.4, -0.2) is 22.4 Å². The van der Waals surface area contributed by atoms with Gasteiger partial charge >= 0.3 is 6.03 Å². The molecule has 7 heteroatoms. The van der Waals surface area contributed by atoms with Crippen molar-refractivity contribution in [2.24, 2.45) is 0 Å². The first-order valence-electron chi connectivity index (χ1n) is 8.75. The fraction of sp³-hybridized carbons (Fsp3) is 0.200. The van der Waals surface area contributed by atoms with Gasteiger partial charge in [-0.1, -0.05) is 48.5 Å². The lowest BCUT2D eigenvalue weighted by atomic mass is 10.0. The van der Waals surface area contributed by atoms with Crippen molar-refractivity contribution >= 4 is 24.1 Å². The summed E-state index contributed by atoms with van der Waals surface area (Å²) in [5.41, 5.74) is 4.87. The Kier molecular flexibility index (Phi) is 6.11. The molecule has 27 heavy (non-hydrogen) atoms. The number of carbonyl (C=O) groups is 1. The third-order valence-corrected chi connectivity index (χ3v) is 4.41. The molecule has 0 bridgehead atoms. The van der Waals surface area contributed by atoms with Crippen molar-refractivity contribution in [3.8, 4) is 11.1 Å². The third-order valence-electron chi connectivity index (χ3n) is 4.41. The highest BCUT2D eigenvalue weighted by molar-refractivity contribution is 5.94. The molecule has 2 aromatic carbocycles. The number of aromatic nitrogens is 2. The van der Waals surface area contributed by atoms with Crippen molar-refractivity contribution < 1.29 is 4.79 Å². The molecular formula is C20H22ClN5O. The molecule has 0 radical (unpaired) electrons. The van der Waals surface area contributed by atoms with Crippen LogP contribution in [0, 0.1) is 0 Å². The van der Waals surface area contributed by atoms with Crippen LogP contribution in [0.3, 0.4) is 0 Å². The minimum Gasteiger partial charge on any atom is -0.332 e. The second-order valence-corrected chi connectivity index (χ2v) is 6.25. The van der Waals surface area contributed by atoms with Gasteiger partial charge in [-0.25, -0.2) is 4.79 Å². The van der Waals surface area contributed by atoms with Crippen LogP contribution in [0.4, 0.5) is 10.5 Å². The van der Waals surface area contributed by atoms with Gasteiger partial charge in [-0.3, -0.25) is 4.68 Å². The number of fused-ring (bicyclic) bond motifs is 1. The van der Waals surface area contributed by atoms with Gasteiger partial charge < -0.3 is 16.0 Å². The van der Waals surface area contributed by atoms with Crippen LogP contribution in [0.1, 0.15) is 11.4 Å². The van der Waals surface area contributed by atoms with Gasteiger partial charge in [-0.05, 0) is 17.7 Å². The van der Waals surface area contributed by atoms with Gasteiger partial charge in [0, 0.05) is 18.7 Å². The molecular weight excluding hydrogens is 362 g/mol. The van der Waals surface area contributed by atoms with Crippen molar-refractivity contribution in [3.63, 3.8) is 0 Å². The van der Waals surface area contributed by atoms with Gasteiger partial charge in [0.15, 0.2) is 0 Å². The Balaban J connectivity index is 0.00000210. The normalized spacial score (nSPS) is 12.6. The molecule has 0 spiro atoms. The van der Waals surface area contributed by atoms with E-state index in [0.29, 0.717) is 6.54 Å². The van der Waals surface area contributed by atoms with E-state index in [-0.39, 0.29) is 18.4 Å². The molecule has 0 aliphatic carbocycles. The largest absolute Gasteiger partial charge is 0.332 e. The van der Waals surface area contributed by atoms with E-state index in [1.165, 1.54) is 0 Å². The number of urea groups is 1. The summed E-state index contributed by atoms with van der Waals surface area (Å²) in [6.07, 6.45) is 0. The van der Waals surface area contributed by atoms with Crippen molar-refractivity contribution in [2.75, 3.05) is 11.9 Å². The number of halogens is 1. The summed E-state index contributed by atoms with van der Waals surface area (Å²) < 4.78 is 2.00. The van der Waals surface area contributed by atoms with Gasteiger partial charge in [0.2, 0.25) is 0 Å². The molecule has 140 valence electrons. The van der Waals surface area contributed by atoms with E-state index >= 15 is 0 Å². The van der Waals surface area contributed by atoms with E-state index in [2.05, 4.69) is 21.0 Å². The van der Waals surface area contributed by atoms with Crippen LogP contribution in [0.15, 0.2) is 60.7 Å². The minimum absolute atomic E-state index is 0. The van der Waals surface area contributed by atoms with E-state index < -0.39 is 0 Å². The second-order valence-electron chi connectivity index (χ2n) is 6.25. The van der Waals surface area contributed by atoms with Gasteiger partial charge in [0.25, 0.3) is 0 Å². The highest BCUT2D eigenvalue weighted by atomic mass is 35.5. The molecule has 3 N–H and O–H groups in total. The lowest BCUT2D eigenvalue weighted by Gasteiger charge is -2.13. The molecule has 0 fully saturated rings. The summed E-state index contributed by atoms with van der Waals surface area (Å²) in [5.74, 6) is 0. The first-order chi connectivity index (χ1) is 12.8. The Hall–Kier alpha value is -2.83. The fourth-order valence-corrected chi connectivity index (χ4v) is 3.14. The first-order valence-corrected chi connectivity index (χ1v) is 8.75. The average Bonchev–Trinajstić information content (AvgIpc) is 3.11. The lowest BCUT2D eigenvalue weighted by molar-refractivity contribution is 0.251. The van der Waals surface area contributed by atoms with Crippen molar-refractivity contribution in [1.82, 2.24) is 20.4 Å². The Morgan fingerprint density at radius 1 is 1.11 bits per heavy atom. The first kappa shape index (κ1) is 18.9. The summed E-state index contributed by atoms with van der Waals surface area (Å²) >= 11 is 0. The quantitative estimate of drug-likeness (QED) is 0.646. The molecule has 2 heterocycles. The zero-order valence-electron chi connectivity index (χ0n) is 14.8. The SMILES string of the molecule is Cl.O=C(NCc1cc2n(n1)CCNC2)Nc1ccccc1-c1ccccc1. The summed E-state index contributed by atoms with van der Waals surface area (Å²) in [4.78, 5) is 12.3. The number of carbonyl (C=O) groups excluding carboxylic acids is 1. The number of hydrogen-bond donors (Lipinski definition) is 3. The number of para-hydroxylation sites is 1. The second kappa shape index (κ2) is 8.70. The van der Waals surface area contributed by atoms with Crippen molar-refractivity contribution in [2.45, 2.75) is 19.6 Å². The van der Waals surface area contributed by atoms with Crippen molar-refractivity contribution in [3.05, 3.63) is 72.1 Å². The predicted octanol–water partition coefficient (Wildman–Crippen LogP) is 3.40. The number of hydrogen-bond acceptors (Lipinski definition) is 3. The van der Waals surface area contributed by atoms with Crippen LogP contribution in [-0.2, 0) is 19.6 Å². The zero-order chi connectivity index (χ0) is 17.8. The molecule has 2 amide bonds. The number of amides is 2. The Morgan fingerprint density at radius 3 is 2.70 bits per heavy atom. The van der Waals surface area contributed by atoms with E-state index in [1.807, 2.05) is 65.3 Å². The van der Waals surface area contributed by atoms with Gasteiger partial charge in [-0.2, -0.15) is 5.10 Å². The smallest absolute Gasteiger partial charge is 0.319 e. The monoisotopic (exact) mass is 383 g/mol. The number of anilines is 1. The fourth-order valence-electron chi connectivity index (χ4n) is 3.14. The Morgan fingerprint density at radius 2 is 1.89 bits per heavy atom. The van der Waals surface area contributed by atoms with E-state index in [1.54, 1.807) is 0 Å². The van der Waals surface area contributed by atoms with Crippen LogP contribution in [0.5, 0.6) is 0 Å². The average molecular weight is 384 g/mol. The highest BCUT2D eigenvalue weighted by Crippen LogP contribution is 2.27. The van der Waals surface area contributed by atoms with Crippen LogP contribution >= 0.6 is 12.4 Å². The van der Waals surface area contributed by atoms with Crippen LogP contribution < -0.4 is 16.0 Å². The zero-order valence-corrected chi connectivity index (χ0v) is 15.6. The molecule has 1 aliphatic rings. The standard InChI is InChI=1S/C20H21N5O.ClH/c26-20(22-13-16-12-17-14-21-10-11-25(17)24-16)23-19-9-5-4-8-18(19)15-6-2-1-3-7-15;/h1-9,12,21H,10-11,13-14H2,(H2,22,23,26);1H. The summed E-state index contributed by atoms with van der Waals surface area (Å²) in [6.45, 7) is 3.02. The number of benzene rings is 2. The summed E-state index contributed by atoms with van der Waals surface area (Å²) in [6, 6.07) is 19.6. The molecule has 0 atom stereocenters. The maximum Gasteiger partial charge on any atom is 0.319 e. The number of nitrogens with one attached hydrogen (secondary N) is 3. The maximum absolute atomic E-state index is 12.3. The predicted molar refractivity (Wildman–Crippen MR) is 109 cm³/mol. The molecule has 0 saturated carbocycles. The molecule has 1 aliphatic heterocycles. The number of nitrogens with zero attached hydrogens (tertiary/aromatic N) is 2. The summed E-state index contributed by atoms with van der Waals surface area (Å²) in [7, 11) is 0. The van der Waals surface area contributed by atoms with E-state index in [4.69, 9.17) is 0 Å². The van der Waals surface area contributed by atoms with Gasteiger partial charge in [0.05, 0.1) is 30.2 Å². The highest BCUT2D eigenvalue weighted by Gasteiger charge is 2.13. The topological polar surface area (TPSA) is 71.0 Å².